The molecule has 2 unspecified atom stereocenters. The molecule has 0 aliphatic carbocycles. The predicted octanol–water partition coefficient (Wildman–Crippen LogP) is 1.48. The van der Waals surface area contributed by atoms with E-state index < -0.39 is 0 Å². The SMILES string of the molecule is CCNC(=NCCC(=O)NC(C)CC)NC1CCN(C(=O)CC)C1.I. The van der Waals surface area contributed by atoms with E-state index in [0.29, 0.717) is 31.9 Å². The van der Waals surface area contributed by atoms with Gasteiger partial charge < -0.3 is 20.9 Å². The molecule has 0 bridgehead atoms. The summed E-state index contributed by atoms with van der Waals surface area (Å²) >= 11 is 0. The van der Waals surface area contributed by atoms with Crippen molar-refractivity contribution >= 4 is 41.8 Å². The van der Waals surface area contributed by atoms with Crippen LogP contribution in [0.4, 0.5) is 0 Å². The van der Waals surface area contributed by atoms with E-state index in [9.17, 15) is 9.59 Å². The molecule has 1 aliphatic rings. The summed E-state index contributed by atoms with van der Waals surface area (Å²) in [6, 6.07) is 0.417. The highest BCUT2D eigenvalue weighted by Gasteiger charge is 2.25. The van der Waals surface area contributed by atoms with Crippen molar-refractivity contribution in [2.45, 2.75) is 65.5 Å². The maximum absolute atomic E-state index is 11.8. The van der Waals surface area contributed by atoms with E-state index in [0.717, 1.165) is 25.9 Å². The zero-order valence-corrected chi connectivity index (χ0v) is 18.3. The summed E-state index contributed by atoms with van der Waals surface area (Å²) < 4.78 is 0. The highest BCUT2D eigenvalue weighted by atomic mass is 127. The molecule has 0 aromatic heterocycles. The maximum atomic E-state index is 11.8. The van der Waals surface area contributed by atoms with Crippen molar-refractivity contribution in [3.8, 4) is 0 Å². The molecular weight excluding hydrogens is 433 g/mol. The van der Waals surface area contributed by atoms with Gasteiger partial charge in [0.2, 0.25) is 11.8 Å². The van der Waals surface area contributed by atoms with Crippen LogP contribution in [-0.4, -0.2) is 60.9 Å². The van der Waals surface area contributed by atoms with Crippen LogP contribution in [0.2, 0.25) is 0 Å². The van der Waals surface area contributed by atoms with Gasteiger partial charge in [0.05, 0.1) is 6.54 Å². The van der Waals surface area contributed by atoms with Gasteiger partial charge in [0, 0.05) is 44.6 Å². The van der Waals surface area contributed by atoms with Crippen LogP contribution in [0.5, 0.6) is 0 Å². The Bertz CT molecular complexity index is 445. The van der Waals surface area contributed by atoms with Crippen LogP contribution in [0, 0.1) is 0 Å². The molecule has 7 nitrogen and oxygen atoms in total. The van der Waals surface area contributed by atoms with Crippen LogP contribution in [0.15, 0.2) is 4.99 Å². The molecule has 1 heterocycles. The molecular formula is C17H34IN5O2. The summed E-state index contributed by atoms with van der Waals surface area (Å²) in [5.74, 6) is 0.942. The molecule has 0 radical (unpaired) electrons. The molecule has 0 saturated carbocycles. The van der Waals surface area contributed by atoms with E-state index in [4.69, 9.17) is 0 Å². The average molecular weight is 467 g/mol. The van der Waals surface area contributed by atoms with Crippen LogP contribution in [0.3, 0.4) is 0 Å². The van der Waals surface area contributed by atoms with Gasteiger partial charge in [-0.3, -0.25) is 14.6 Å². The largest absolute Gasteiger partial charge is 0.357 e. The van der Waals surface area contributed by atoms with E-state index >= 15 is 0 Å². The van der Waals surface area contributed by atoms with Crippen molar-refractivity contribution in [2.24, 2.45) is 4.99 Å². The summed E-state index contributed by atoms with van der Waals surface area (Å²) in [4.78, 5) is 29.9. The Labute approximate surface area is 168 Å². The number of carbonyl (C=O) groups is 2. The van der Waals surface area contributed by atoms with Gasteiger partial charge in [0.1, 0.15) is 0 Å². The summed E-state index contributed by atoms with van der Waals surface area (Å²) in [6.45, 7) is 10.7. The minimum absolute atomic E-state index is 0. The van der Waals surface area contributed by atoms with E-state index in [1.165, 1.54) is 0 Å². The molecule has 25 heavy (non-hydrogen) atoms. The first kappa shape index (κ1) is 23.9. The zero-order valence-electron chi connectivity index (χ0n) is 15.9. The van der Waals surface area contributed by atoms with Gasteiger partial charge in [-0.25, -0.2) is 0 Å². The van der Waals surface area contributed by atoms with Crippen LogP contribution in [0.25, 0.3) is 0 Å². The van der Waals surface area contributed by atoms with Gasteiger partial charge in [-0.2, -0.15) is 0 Å². The van der Waals surface area contributed by atoms with E-state index in [-0.39, 0.29) is 47.9 Å². The number of hydrogen-bond acceptors (Lipinski definition) is 3. The molecule has 1 rings (SSSR count). The lowest BCUT2D eigenvalue weighted by atomic mass is 10.2. The van der Waals surface area contributed by atoms with Crippen molar-refractivity contribution in [2.75, 3.05) is 26.2 Å². The number of nitrogens with one attached hydrogen (secondary N) is 3. The monoisotopic (exact) mass is 467 g/mol. The molecule has 0 spiro atoms. The number of rotatable bonds is 8. The summed E-state index contributed by atoms with van der Waals surface area (Å²) in [6.07, 6.45) is 2.77. The highest BCUT2D eigenvalue weighted by Crippen LogP contribution is 2.10. The fourth-order valence-corrected chi connectivity index (χ4v) is 2.56. The average Bonchev–Trinajstić information content (AvgIpc) is 3.02. The first-order valence-electron chi connectivity index (χ1n) is 9.12. The molecule has 0 aromatic rings. The minimum Gasteiger partial charge on any atom is -0.357 e. The summed E-state index contributed by atoms with van der Waals surface area (Å²) in [5, 5.41) is 9.50. The van der Waals surface area contributed by atoms with Crippen LogP contribution < -0.4 is 16.0 Å². The second-order valence-corrected chi connectivity index (χ2v) is 6.21. The van der Waals surface area contributed by atoms with Crippen LogP contribution in [0.1, 0.15) is 53.4 Å². The van der Waals surface area contributed by atoms with Crippen molar-refractivity contribution in [1.29, 1.82) is 0 Å². The molecule has 0 aromatic carbocycles. The number of amides is 2. The number of halogens is 1. The lowest BCUT2D eigenvalue weighted by Crippen LogP contribution is -2.45. The molecule has 3 N–H and O–H groups in total. The Kier molecular flexibility index (Phi) is 12.6. The number of carbonyl (C=O) groups excluding carboxylic acids is 2. The zero-order chi connectivity index (χ0) is 17.9. The Morgan fingerprint density at radius 1 is 1.28 bits per heavy atom. The lowest BCUT2D eigenvalue weighted by molar-refractivity contribution is -0.129. The molecule has 1 aliphatic heterocycles. The number of aliphatic imine (C=N–C) groups is 1. The van der Waals surface area contributed by atoms with E-state index in [1.54, 1.807) is 0 Å². The minimum atomic E-state index is 0. The molecule has 2 atom stereocenters. The Morgan fingerprint density at radius 3 is 2.60 bits per heavy atom. The van der Waals surface area contributed by atoms with Gasteiger partial charge >= 0.3 is 0 Å². The lowest BCUT2D eigenvalue weighted by Gasteiger charge is -2.18. The number of guanidine groups is 1. The molecule has 1 saturated heterocycles. The first-order chi connectivity index (χ1) is 11.5. The number of hydrogen-bond donors (Lipinski definition) is 3. The van der Waals surface area contributed by atoms with Crippen molar-refractivity contribution in [3.63, 3.8) is 0 Å². The fraction of sp³-hybridized carbons (Fsp3) is 0.824. The number of likely N-dealkylation sites (tertiary alicyclic amines) is 1. The maximum Gasteiger partial charge on any atom is 0.222 e. The second kappa shape index (κ2) is 13.2. The fourth-order valence-electron chi connectivity index (χ4n) is 2.56. The van der Waals surface area contributed by atoms with E-state index in [1.807, 2.05) is 32.6 Å². The van der Waals surface area contributed by atoms with Gasteiger partial charge in [-0.05, 0) is 26.7 Å². The highest BCUT2D eigenvalue weighted by molar-refractivity contribution is 14.0. The molecule has 146 valence electrons. The Balaban J connectivity index is 0.00000576. The topological polar surface area (TPSA) is 85.8 Å². The second-order valence-electron chi connectivity index (χ2n) is 6.21. The Morgan fingerprint density at radius 2 is 2.00 bits per heavy atom. The molecule has 1 fully saturated rings. The third-order valence-electron chi connectivity index (χ3n) is 4.16. The number of nitrogens with zero attached hydrogens (tertiary/aromatic N) is 2. The summed E-state index contributed by atoms with van der Waals surface area (Å²) in [7, 11) is 0. The molecule has 8 heteroatoms. The van der Waals surface area contributed by atoms with Crippen LogP contribution in [-0.2, 0) is 9.59 Å². The van der Waals surface area contributed by atoms with Gasteiger partial charge in [0.25, 0.3) is 0 Å². The quantitative estimate of drug-likeness (QED) is 0.287. The molecule has 2 amide bonds. The van der Waals surface area contributed by atoms with E-state index in [2.05, 4.69) is 20.9 Å². The predicted molar refractivity (Wildman–Crippen MR) is 112 cm³/mol. The van der Waals surface area contributed by atoms with Crippen molar-refractivity contribution < 1.29 is 9.59 Å². The third kappa shape index (κ3) is 9.27. The first-order valence-corrected chi connectivity index (χ1v) is 9.12. The Hall–Kier alpha value is -1.06. The van der Waals surface area contributed by atoms with Gasteiger partial charge in [-0.15, -0.1) is 24.0 Å². The van der Waals surface area contributed by atoms with Crippen LogP contribution >= 0.6 is 24.0 Å². The summed E-state index contributed by atoms with van der Waals surface area (Å²) in [5.41, 5.74) is 0. The van der Waals surface area contributed by atoms with Crippen molar-refractivity contribution in [1.82, 2.24) is 20.9 Å². The van der Waals surface area contributed by atoms with Crippen molar-refractivity contribution in [3.05, 3.63) is 0 Å². The third-order valence-corrected chi connectivity index (χ3v) is 4.16. The van der Waals surface area contributed by atoms with Gasteiger partial charge in [-0.1, -0.05) is 13.8 Å². The standard InChI is InChI=1S/C17H33N5O2.HI/c1-5-13(4)20-15(23)8-10-19-17(18-7-3)21-14-9-11-22(12-14)16(24)6-2;/h13-14H,5-12H2,1-4H3,(H,20,23)(H2,18,19,21);1H. The smallest absolute Gasteiger partial charge is 0.222 e. The normalized spacial score (nSPS) is 18.3. The van der Waals surface area contributed by atoms with Gasteiger partial charge in [0.15, 0.2) is 5.96 Å².